The van der Waals surface area contributed by atoms with Gasteiger partial charge in [0.15, 0.2) is 0 Å². The van der Waals surface area contributed by atoms with E-state index >= 15 is 0 Å². The van der Waals surface area contributed by atoms with Crippen LogP contribution in [0.2, 0.25) is 0 Å². The molecule has 0 unspecified atom stereocenters. The van der Waals surface area contributed by atoms with Gasteiger partial charge in [-0.2, -0.15) is 0 Å². The zero-order valence-corrected chi connectivity index (χ0v) is 10.2. The monoisotopic (exact) mass is 186 g/mol. The van der Waals surface area contributed by atoms with E-state index in [0.717, 1.165) is 0 Å². The van der Waals surface area contributed by atoms with Crippen molar-refractivity contribution in [1.82, 2.24) is 0 Å². The van der Waals surface area contributed by atoms with Gasteiger partial charge < -0.3 is 15.0 Å². The first-order valence-electron chi connectivity index (χ1n) is 2.96. The van der Waals surface area contributed by atoms with Crippen LogP contribution in [0.1, 0.15) is 26.7 Å². The Bertz CT molecular complexity index is 99.1. The van der Waals surface area contributed by atoms with Crippen LogP contribution in [0.15, 0.2) is 0 Å². The Morgan fingerprint density at radius 3 is 1.45 bits per heavy atom. The summed E-state index contributed by atoms with van der Waals surface area (Å²) in [5, 5.41) is 17.0. The Labute approximate surface area is 108 Å². The van der Waals surface area contributed by atoms with Gasteiger partial charge in [-0.05, 0) is 6.42 Å². The van der Waals surface area contributed by atoms with Gasteiger partial charge in [0.05, 0.1) is 0 Å². The summed E-state index contributed by atoms with van der Waals surface area (Å²) in [5.41, 5.74) is 0. The molecule has 0 saturated heterocycles. The van der Waals surface area contributed by atoms with Crippen LogP contribution in [0.25, 0.3) is 0 Å². The molecule has 1 N–H and O–H groups in total. The van der Waals surface area contributed by atoms with Crippen LogP contribution < -0.4 is 56.5 Å². The zero-order valence-electron chi connectivity index (χ0n) is 7.09. The topological polar surface area (TPSA) is 77.4 Å². The van der Waals surface area contributed by atoms with Crippen molar-refractivity contribution in [3.63, 3.8) is 0 Å². The van der Waals surface area contributed by atoms with Crippen LogP contribution >= 0.6 is 0 Å². The first-order chi connectivity index (χ1) is 4.54. The second kappa shape index (κ2) is 13.2. The minimum Gasteiger partial charge on any atom is -0.550 e. The molecule has 0 rings (SSSR count). The van der Waals surface area contributed by atoms with Crippen molar-refractivity contribution in [2.45, 2.75) is 26.7 Å². The third kappa shape index (κ3) is 37.1. The molecule has 0 fully saturated rings. The summed E-state index contributed by atoms with van der Waals surface area (Å²) < 4.78 is 0. The van der Waals surface area contributed by atoms with Crippen molar-refractivity contribution in [2.75, 3.05) is 0 Å². The third-order valence-electron chi connectivity index (χ3n) is 0.591. The van der Waals surface area contributed by atoms with Gasteiger partial charge in [-0.25, -0.2) is 0 Å². The first-order valence-corrected chi connectivity index (χ1v) is 2.96. The summed E-state index contributed by atoms with van der Waals surface area (Å²) in [6.07, 6.45) is 0.333. The Hall–Kier alpha value is 0.576. The summed E-state index contributed by atoms with van der Waals surface area (Å²) in [6, 6.07) is 0. The zero-order chi connectivity index (χ0) is 8.57. The third-order valence-corrected chi connectivity index (χ3v) is 0.591. The van der Waals surface area contributed by atoms with Gasteiger partial charge in [-0.1, -0.05) is 13.8 Å². The van der Waals surface area contributed by atoms with Gasteiger partial charge in [0.1, 0.15) is 0 Å². The number of hydrogen-bond donors (Lipinski definition) is 1. The van der Waals surface area contributed by atoms with Crippen molar-refractivity contribution in [3.8, 4) is 0 Å². The molecule has 0 spiro atoms. The quantitative estimate of drug-likeness (QED) is 0.457. The van der Waals surface area contributed by atoms with Crippen LogP contribution in [-0.2, 0) is 9.59 Å². The maximum absolute atomic E-state index is 9.37. The van der Waals surface area contributed by atoms with Crippen molar-refractivity contribution < 1.29 is 71.2 Å². The molecular weight excluding hydrogens is 175 g/mol. The van der Waals surface area contributed by atoms with Crippen LogP contribution in [0.5, 0.6) is 0 Å². The van der Waals surface area contributed by atoms with Gasteiger partial charge in [0, 0.05) is 12.4 Å². The second-order valence-corrected chi connectivity index (χ2v) is 1.47. The average molecular weight is 186 g/mol. The maximum Gasteiger partial charge on any atom is 1.00 e. The average Bonchev–Trinajstić information content (AvgIpc) is 1.89. The number of hydrogen-bond acceptors (Lipinski definition) is 3. The molecule has 0 saturated carbocycles. The molecule has 0 aromatic carbocycles. The Morgan fingerprint density at radius 2 is 1.45 bits per heavy atom. The predicted octanol–water partition coefficient (Wildman–Crippen LogP) is -3.37. The number of carboxylic acid groups (broad SMARTS) is 2. The minimum atomic E-state index is -0.995. The molecular formula is C6H11KO4. The number of rotatable bonds is 2. The fourth-order valence-corrected chi connectivity index (χ4v) is 0. The Morgan fingerprint density at radius 1 is 1.27 bits per heavy atom. The van der Waals surface area contributed by atoms with E-state index in [0.29, 0.717) is 0 Å². The molecule has 5 heteroatoms. The number of carbonyl (C=O) groups excluding carboxylic acids is 1. The molecule has 0 aliphatic carbocycles. The van der Waals surface area contributed by atoms with E-state index in [2.05, 4.69) is 0 Å². The second-order valence-electron chi connectivity index (χ2n) is 1.47. The Balaban J connectivity index is -0.000000107. The summed E-state index contributed by atoms with van der Waals surface area (Å²) in [6.45, 7) is 3.14. The fourth-order valence-electron chi connectivity index (χ4n) is 0. The number of aliphatic carboxylic acids is 2. The van der Waals surface area contributed by atoms with Crippen molar-refractivity contribution in [1.29, 1.82) is 0 Å². The minimum absolute atomic E-state index is 0. The molecule has 0 bridgehead atoms. The normalized spacial score (nSPS) is 6.73. The molecule has 0 atom stereocenters. The van der Waals surface area contributed by atoms with Gasteiger partial charge in [-0.3, -0.25) is 4.79 Å². The van der Waals surface area contributed by atoms with Crippen molar-refractivity contribution in [3.05, 3.63) is 0 Å². The predicted molar refractivity (Wildman–Crippen MR) is 33.2 cm³/mol. The van der Waals surface area contributed by atoms with E-state index in [1.165, 1.54) is 6.92 Å². The fraction of sp³-hybridized carbons (Fsp3) is 0.667. The van der Waals surface area contributed by atoms with E-state index < -0.39 is 11.9 Å². The SMILES string of the molecule is CCC(=O)O.CCC(=O)[O-].[K+]. The van der Waals surface area contributed by atoms with E-state index in [4.69, 9.17) is 5.11 Å². The molecule has 0 aliphatic heterocycles. The summed E-state index contributed by atoms with van der Waals surface area (Å²) in [4.78, 5) is 18.6. The summed E-state index contributed by atoms with van der Waals surface area (Å²) in [5.74, 6) is -1.74. The van der Waals surface area contributed by atoms with Crippen LogP contribution in [-0.4, -0.2) is 17.0 Å². The molecule has 0 heterocycles. The summed E-state index contributed by atoms with van der Waals surface area (Å²) in [7, 11) is 0. The molecule has 4 nitrogen and oxygen atoms in total. The smallest absolute Gasteiger partial charge is 0.550 e. The van der Waals surface area contributed by atoms with Crippen LogP contribution in [0, 0.1) is 0 Å². The molecule has 0 aromatic rings. The Kier molecular flexibility index (Phi) is 21.1. The molecule has 0 aromatic heterocycles. The van der Waals surface area contributed by atoms with Crippen LogP contribution in [0.3, 0.4) is 0 Å². The van der Waals surface area contributed by atoms with Crippen LogP contribution in [0.4, 0.5) is 0 Å². The van der Waals surface area contributed by atoms with Gasteiger partial charge >= 0.3 is 57.4 Å². The van der Waals surface area contributed by atoms with E-state index in [9.17, 15) is 14.7 Å². The molecule has 60 valence electrons. The first kappa shape index (κ1) is 17.6. The van der Waals surface area contributed by atoms with Gasteiger partial charge in [-0.15, -0.1) is 0 Å². The number of carboxylic acids is 2. The molecule has 0 amide bonds. The molecule has 0 radical (unpaired) electrons. The largest absolute Gasteiger partial charge is 1.00 e. The van der Waals surface area contributed by atoms with E-state index in [1.807, 2.05) is 0 Å². The van der Waals surface area contributed by atoms with Crippen molar-refractivity contribution in [2.24, 2.45) is 0 Å². The van der Waals surface area contributed by atoms with E-state index in [1.54, 1.807) is 6.92 Å². The van der Waals surface area contributed by atoms with Gasteiger partial charge in [0.2, 0.25) is 0 Å². The standard InChI is InChI=1S/2C3H6O2.K/c2*1-2-3(4)5;/h2*2H2,1H3,(H,4,5);/q;;+1/p-1. The van der Waals surface area contributed by atoms with E-state index in [-0.39, 0.29) is 64.2 Å². The van der Waals surface area contributed by atoms with Gasteiger partial charge in [0.25, 0.3) is 0 Å². The summed E-state index contributed by atoms with van der Waals surface area (Å²) >= 11 is 0. The van der Waals surface area contributed by atoms with Crippen molar-refractivity contribution >= 4 is 11.9 Å². The maximum atomic E-state index is 9.37. The number of carbonyl (C=O) groups is 2. The molecule has 0 aliphatic rings. The molecule has 11 heavy (non-hydrogen) atoms.